The van der Waals surface area contributed by atoms with E-state index in [0.29, 0.717) is 18.0 Å². The van der Waals surface area contributed by atoms with E-state index in [4.69, 9.17) is 4.74 Å². The zero-order valence-corrected chi connectivity index (χ0v) is 23.9. The van der Waals surface area contributed by atoms with Crippen LogP contribution in [0.4, 0.5) is 5.69 Å². The second-order valence-electron chi connectivity index (χ2n) is 9.84. The summed E-state index contributed by atoms with van der Waals surface area (Å²) in [4.78, 5) is 28.4. The number of carbonyl (C=O) groups excluding carboxylic acids is 2. The fourth-order valence-corrected chi connectivity index (χ4v) is 5.36. The van der Waals surface area contributed by atoms with Crippen molar-refractivity contribution in [1.29, 1.82) is 0 Å². The van der Waals surface area contributed by atoms with Crippen molar-refractivity contribution >= 4 is 27.5 Å². The maximum absolute atomic E-state index is 13.9. The highest BCUT2D eigenvalue weighted by atomic mass is 32.2. The van der Waals surface area contributed by atoms with Crippen molar-refractivity contribution in [3.8, 4) is 5.75 Å². The normalized spacial score (nSPS) is 12.1. The monoisotopic (exact) mass is 551 g/mol. The van der Waals surface area contributed by atoms with Gasteiger partial charge in [-0.2, -0.15) is 0 Å². The second kappa shape index (κ2) is 13.3. The van der Waals surface area contributed by atoms with E-state index >= 15 is 0 Å². The minimum Gasteiger partial charge on any atom is -0.497 e. The number of carbonyl (C=O) groups is 2. The van der Waals surface area contributed by atoms with Crippen LogP contribution in [-0.4, -0.2) is 51.4 Å². The third kappa shape index (κ3) is 7.83. The molecule has 0 unspecified atom stereocenters. The van der Waals surface area contributed by atoms with Gasteiger partial charge in [-0.15, -0.1) is 0 Å². The first-order chi connectivity index (χ1) is 18.5. The zero-order valence-electron chi connectivity index (χ0n) is 23.1. The van der Waals surface area contributed by atoms with Crippen LogP contribution in [0.25, 0.3) is 0 Å². The van der Waals surface area contributed by atoms with E-state index in [2.05, 4.69) is 5.32 Å². The average Bonchev–Trinajstić information content (AvgIpc) is 2.94. The lowest BCUT2D eigenvalue weighted by molar-refractivity contribution is -0.139. The molecule has 0 fully saturated rings. The van der Waals surface area contributed by atoms with Crippen LogP contribution in [-0.2, 0) is 26.2 Å². The van der Waals surface area contributed by atoms with Crippen molar-refractivity contribution in [3.05, 3.63) is 90.0 Å². The summed E-state index contributed by atoms with van der Waals surface area (Å²) < 4.78 is 33.8. The molecule has 208 valence electrons. The number of amides is 2. The quantitative estimate of drug-likeness (QED) is 0.360. The van der Waals surface area contributed by atoms with Crippen molar-refractivity contribution in [2.75, 3.05) is 24.5 Å². The fraction of sp³-hybridized carbons (Fsp3) is 0.333. The molecule has 0 saturated heterocycles. The number of nitrogens with one attached hydrogen (secondary N) is 1. The van der Waals surface area contributed by atoms with E-state index < -0.39 is 28.5 Å². The summed E-state index contributed by atoms with van der Waals surface area (Å²) in [5, 5.41) is 2.89. The van der Waals surface area contributed by atoms with Crippen LogP contribution in [0.2, 0.25) is 0 Å². The standard InChI is InChI=1S/C30H37N3O5S/c1-22(2)19-31-30(35)24(4)32(20-25-13-11-23(3)12-14-25)29(34)21-33(26-15-17-27(38-5)18-16-26)39(36,37)28-9-7-6-8-10-28/h6-18,22,24H,19-21H2,1-5H3,(H,31,35)/t24-/m0/s1. The maximum Gasteiger partial charge on any atom is 0.264 e. The summed E-state index contributed by atoms with van der Waals surface area (Å²) in [6.45, 7) is 7.73. The molecule has 0 aliphatic heterocycles. The Morgan fingerprint density at radius 3 is 2.08 bits per heavy atom. The molecule has 9 heteroatoms. The van der Waals surface area contributed by atoms with E-state index in [1.165, 1.54) is 24.1 Å². The lowest BCUT2D eigenvalue weighted by atomic mass is 10.1. The average molecular weight is 552 g/mol. The van der Waals surface area contributed by atoms with E-state index in [9.17, 15) is 18.0 Å². The maximum atomic E-state index is 13.9. The summed E-state index contributed by atoms with van der Waals surface area (Å²) in [5.74, 6) is -0.00766. The smallest absolute Gasteiger partial charge is 0.264 e. The third-order valence-corrected chi connectivity index (χ3v) is 8.08. The molecule has 0 heterocycles. The molecule has 0 radical (unpaired) electrons. The Morgan fingerprint density at radius 2 is 1.51 bits per heavy atom. The first-order valence-corrected chi connectivity index (χ1v) is 14.3. The summed E-state index contributed by atoms with van der Waals surface area (Å²) in [6, 6.07) is 21.3. The van der Waals surface area contributed by atoms with Crippen LogP contribution in [0, 0.1) is 12.8 Å². The van der Waals surface area contributed by atoms with Crippen LogP contribution >= 0.6 is 0 Å². The number of anilines is 1. The largest absolute Gasteiger partial charge is 0.497 e. The first kappa shape index (κ1) is 29.7. The second-order valence-corrected chi connectivity index (χ2v) is 11.7. The highest BCUT2D eigenvalue weighted by Crippen LogP contribution is 2.26. The first-order valence-electron chi connectivity index (χ1n) is 12.9. The van der Waals surface area contributed by atoms with Gasteiger partial charge in [0.25, 0.3) is 10.0 Å². The molecule has 3 aromatic carbocycles. The molecule has 0 bridgehead atoms. The van der Waals surface area contributed by atoms with E-state index in [1.807, 2.05) is 45.0 Å². The molecule has 0 aromatic heterocycles. The van der Waals surface area contributed by atoms with Crippen molar-refractivity contribution < 1.29 is 22.7 Å². The lowest BCUT2D eigenvalue weighted by Gasteiger charge is -2.32. The predicted octanol–water partition coefficient (Wildman–Crippen LogP) is 4.39. The van der Waals surface area contributed by atoms with Gasteiger partial charge in [-0.05, 0) is 61.7 Å². The molecule has 3 rings (SSSR count). The number of ether oxygens (including phenoxy) is 1. The number of methoxy groups -OCH3 is 1. The summed E-state index contributed by atoms with van der Waals surface area (Å²) >= 11 is 0. The number of rotatable bonds is 12. The Hall–Kier alpha value is -3.85. The number of benzene rings is 3. The molecule has 39 heavy (non-hydrogen) atoms. The number of hydrogen-bond donors (Lipinski definition) is 1. The SMILES string of the molecule is COc1ccc(N(CC(=O)N(Cc2ccc(C)cc2)[C@@H](C)C(=O)NCC(C)C)S(=O)(=O)c2ccccc2)cc1. The molecule has 1 N–H and O–H groups in total. The number of nitrogens with zero attached hydrogens (tertiary/aromatic N) is 2. The van der Waals surface area contributed by atoms with Gasteiger partial charge in [-0.1, -0.05) is 61.9 Å². The van der Waals surface area contributed by atoms with Crippen molar-refractivity contribution in [3.63, 3.8) is 0 Å². The molecule has 3 aromatic rings. The van der Waals surface area contributed by atoms with Crippen LogP contribution in [0.3, 0.4) is 0 Å². The Bertz CT molecular complexity index is 1340. The van der Waals surface area contributed by atoms with Crippen molar-refractivity contribution in [1.82, 2.24) is 10.2 Å². The van der Waals surface area contributed by atoms with Gasteiger partial charge in [0.15, 0.2) is 0 Å². The van der Waals surface area contributed by atoms with Gasteiger partial charge in [-0.25, -0.2) is 8.42 Å². The van der Waals surface area contributed by atoms with Gasteiger partial charge in [-0.3, -0.25) is 13.9 Å². The number of sulfonamides is 1. The van der Waals surface area contributed by atoms with E-state index in [1.54, 1.807) is 49.4 Å². The molecule has 0 aliphatic rings. The van der Waals surface area contributed by atoms with Gasteiger partial charge in [0.05, 0.1) is 17.7 Å². The Kier molecular flexibility index (Phi) is 10.1. The minimum atomic E-state index is -4.10. The highest BCUT2D eigenvalue weighted by Gasteiger charge is 2.32. The van der Waals surface area contributed by atoms with Crippen LogP contribution < -0.4 is 14.4 Å². The molecule has 2 amide bonds. The Labute approximate surface area is 231 Å². The van der Waals surface area contributed by atoms with E-state index in [-0.39, 0.29) is 23.3 Å². The molecule has 0 spiro atoms. The summed E-state index contributed by atoms with van der Waals surface area (Å²) in [5.41, 5.74) is 2.21. The summed E-state index contributed by atoms with van der Waals surface area (Å²) in [6.07, 6.45) is 0. The molecular weight excluding hydrogens is 514 g/mol. The number of hydrogen-bond acceptors (Lipinski definition) is 5. The highest BCUT2D eigenvalue weighted by molar-refractivity contribution is 7.92. The van der Waals surface area contributed by atoms with E-state index in [0.717, 1.165) is 15.4 Å². The minimum absolute atomic E-state index is 0.0569. The van der Waals surface area contributed by atoms with Crippen LogP contribution in [0.5, 0.6) is 5.75 Å². The third-order valence-electron chi connectivity index (χ3n) is 6.30. The predicted molar refractivity (Wildman–Crippen MR) is 153 cm³/mol. The van der Waals surface area contributed by atoms with Gasteiger partial charge in [0.1, 0.15) is 18.3 Å². The van der Waals surface area contributed by atoms with Gasteiger partial charge in [0, 0.05) is 13.1 Å². The van der Waals surface area contributed by atoms with Gasteiger partial charge >= 0.3 is 0 Å². The van der Waals surface area contributed by atoms with Crippen LogP contribution in [0.1, 0.15) is 31.9 Å². The molecule has 0 aliphatic carbocycles. The number of aryl methyl sites for hydroxylation is 1. The molecular formula is C30H37N3O5S. The summed E-state index contributed by atoms with van der Waals surface area (Å²) in [7, 11) is -2.58. The van der Waals surface area contributed by atoms with Crippen molar-refractivity contribution in [2.24, 2.45) is 5.92 Å². The molecule has 8 nitrogen and oxygen atoms in total. The van der Waals surface area contributed by atoms with Crippen molar-refractivity contribution in [2.45, 2.75) is 45.2 Å². The molecule has 0 saturated carbocycles. The lowest BCUT2D eigenvalue weighted by Crippen LogP contribution is -2.51. The Morgan fingerprint density at radius 1 is 0.897 bits per heavy atom. The Balaban J connectivity index is 1.99. The fourth-order valence-electron chi connectivity index (χ4n) is 3.92. The van der Waals surface area contributed by atoms with Gasteiger partial charge in [0.2, 0.25) is 11.8 Å². The molecule has 1 atom stereocenters. The van der Waals surface area contributed by atoms with Crippen LogP contribution in [0.15, 0.2) is 83.8 Å². The zero-order chi connectivity index (χ0) is 28.6. The van der Waals surface area contributed by atoms with Gasteiger partial charge < -0.3 is 15.0 Å². The topological polar surface area (TPSA) is 96.0 Å².